The van der Waals surface area contributed by atoms with Gasteiger partial charge in [-0.2, -0.15) is 0 Å². The maximum atomic E-state index is 12.3. The first-order valence-electron chi connectivity index (χ1n) is 7.69. The van der Waals surface area contributed by atoms with Crippen molar-refractivity contribution in [2.45, 2.75) is 6.54 Å². The number of halogens is 1. The molecule has 7 nitrogen and oxygen atoms in total. The molecule has 0 aliphatic rings. The lowest BCUT2D eigenvalue weighted by molar-refractivity contribution is 0.251. The number of carbonyl (C=O) groups is 1. The third kappa shape index (κ3) is 4.64. The van der Waals surface area contributed by atoms with Crippen LogP contribution in [-0.4, -0.2) is 34.5 Å². The number of hydrogen-bond acceptors (Lipinski definition) is 5. The Labute approximate surface area is 157 Å². The summed E-state index contributed by atoms with van der Waals surface area (Å²) in [5.74, 6) is 2.17. The van der Waals surface area contributed by atoms with Gasteiger partial charge in [-0.15, -0.1) is 0 Å². The molecule has 0 saturated heterocycles. The Morgan fingerprint density at radius 1 is 0.923 bits per heavy atom. The van der Waals surface area contributed by atoms with Crippen LogP contribution in [-0.2, 0) is 6.54 Å². The van der Waals surface area contributed by atoms with Crippen LogP contribution in [0.2, 0.25) is 5.02 Å². The molecule has 2 N–H and O–H groups in total. The first-order valence-corrected chi connectivity index (χ1v) is 8.07. The van der Waals surface area contributed by atoms with Crippen molar-refractivity contribution in [2.75, 3.05) is 33.8 Å². The summed E-state index contributed by atoms with van der Waals surface area (Å²) in [5.41, 5.74) is 1.21. The summed E-state index contributed by atoms with van der Waals surface area (Å²) < 4.78 is 20.9. The van der Waals surface area contributed by atoms with E-state index in [1.54, 1.807) is 44.6 Å². The van der Waals surface area contributed by atoms with E-state index in [1.165, 1.54) is 14.2 Å². The Bertz CT molecular complexity index is 782. The highest BCUT2D eigenvalue weighted by molar-refractivity contribution is 6.32. The van der Waals surface area contributed by atoms with Crippen molar-refractivity contribution in [1.82, 2.24) is 5.32 Å². The minimum absolute atomic E-state index is 0.249. The molecule has 0 heterocycles. The van der Waals surface area contributed by atoms with Gasteiger partial charge in [-0.3, -0.25) is 0 Å². The number of anilines is 1. The van der Waals surface area contributed by atoms with Crippen LogP contribution < -0.4 is 29.6 Å². The van der Waals surface area contributed by atoms with E-state index in [0.717, 1.165) is 5.56 Å². The van der Waals surface area contributed by atoms with E-state index in [1.807, 2.05) is 0 Å². The SMILES string of the molecule is COc1ccc(OC)c(CNC(=O)Nc2cc(OC)c(Cl)cc2OC)c1. The molecule has 0 radical (unpaired) electrons. The zero-order valence-electron chi connectivity index (χ0n) is 15.0. The molecule has 0 spiro atoms. The summed E-state index contributed by atoms with van der Waals surface area (Å²) in [6.45, 7) is 0.249. The van der Waals surface area contributed by atoms with Gasteiger partial charge in [0.25, 0.3) is 0 Å². The van der Waals surface area contributed by atoms with E-state index < -0.39 is 6.03 Å². The van der Waals surface area contributed by atoms with Crippen LogP contribution in [0, 0.1) is 0 Å². The molecule has 0 unspecified atom stereocenters. The zero-order chi connectivity index (χ0) is 19.1. The molecule has 26 heavy (non-hydrogen) atoms. The van der Waals surface area contributed by atoms with Crippen molar-refractivity contribution in [1.29, 1.82) is 0 Å². The van der Waals surface area contributed by atoms with E-state index in [2.05, 4.69) is 10.6 Å². The lowest BCUT2D eigenvalue weighted by Crippen LogP contribution is -2.28. The Morgan fingerprint density at radius 2 is 1.62 bits per heavy atom. The summed E-state index contributed by atoms with van der Waals surface area (Å²) >= 11 is 6.06. The van der Waals surface area contributed by atoms with Crippen LogP contribution in [0.4, 0.5) is 10.5 Å². The third-order valence-electron chi connectivity index (χ3n) is 3.65. The van der Waals surface area contributed by atoms with Crippen LogP contribution >= 0.6 is 11.6 Å². The summed E-state index contributed by atoms with van der Waals surface area (Å²) in [6.07, 6.45) is 0. The first kappa shape index (κ1) is 19.5. The highest BCUT2D eigenvalue weighted by atomic mass is 35.5. The fourth-order valence-electron chi connectivity index (χ4n) is 2.32. The second-order valence-electron chi connectivity index (χ2n) is 5.17. The monoisotopic (exact) mass is 380 g/mol. The second-order valence-corrected chi connectivity index (χ2v) is 5.58. The maximum Gasteiger partial charge on any atom is 0.319 e. The molecule has 0 saturated carbocycles. The highest BCUT2D eigenvalue weighted by Gasteiger charge is 2.13. The fourth-order valence-corrected chi connectivity index (χ4v) is 2.55. The van der Waals surface area contributed by atoms with Crippen LogP contribution in [0.25, 0.3) is 0 Å². The van der Waals surface area contributed by atoms with Crippen molar-refractivity contribution in [3.63, 3.8) is 0 Å². The van der Waals surface area contributed by atoms with Gasteiger partial charge in [-0.25, -0.2) is 4.79 Å². The molecule has 8 heteroatoms. The van der Waals surface area contributed by atoms with Gasteiger partial charge in [0.2, 0.25) is 0 Å². The number of carbonyl (C=O) groups excluding carboxylic acids is 1. The molecule has 0 aromatic heterocycles. The predicted octanol–water partition coefficient (Wildman–Crippen LogP) is 3.70. The van der Waals surface area contributed by atoms with Crippen LogP contribution in [0.3, 0.4) is 0 Å². The Balaban J connectivity index is 2.10. The van der Waals surface area contributed by atoms with E-state index in [4.69, 9.17) is 30.5 Å². The highest BCUT2D eigenvalue weighted by Crippen LogP contribution is 2.35. The number of rotatable bonds is 7. The molecule has 140 valence electrons. The molecule has 0 aliphatic heterocycles. The summed E-state index contributed by atoms with van der Waals surface area (Å²) in [7, 11) is 6.12. The van der Waals surface area contributed by atoms with Crippen molar-refractivity contribution >= 4 is 23.3 Å². The van der Waals surface area contributed by atoms with Crippen molar-refractivity contribution in [3.8, 4) is 23.0 Å². The number of methoxy groups -OCH3 is 4. The fraction of sp³-hybridized carbons (Fsp3) is 0.278. The lowest BCUT2D eigenvalue weighted by Gasteiger charge is -2.15. The number of urea groups is 1. The summed E-state index contributed by atoms with van der Waals surface area (Å²) in [6, 6.07) is 8.10. The third-order valence-corrected chi connectivity index (χ3v) is 3.94. The number of ether oxygens (including phenoxy) is 4. The normalized spacial score (nSPS) is 10.0. The Morgan fingerprint density at radius 3 is 2.23 bits per heavy atom. The minimum Gasteiger partial charge on any atom is -0.497 e. The van der Waals surface area contributed by atoms with Gasteiger partial charge in [0.05, 0.1) is 39.1 Å². The molecule has 2 aromatic rings. The van der Waals surface area contributed by atoms with E-state index in [0.29, 0.717) is 33.7 Å². The molecule has 2 aromatic carbocycles. The first-order chi connectivity index (χ1) is 12.5. The van der Waals surface area contributed by atoms with Gasteiger partial charge in [-0.05, 0) is 18.2 Å². The van der Waals surface area contributed by atoms with E-state index in [-0.39, 0.29) is 6.54 Å². The van der Waals surface area contributed by atoms with Crippen molar-refractivity contribution < 1.29 is 23.7 Å². The second kappa shape index (κ2) is 9.05. The molecular weight excluding hydrogens is 360 g/mol. The van der Waals surface area contributed by atoms with Crippen LogP contribution in [0.15, 0.2) is 30.3 Å². The standard InChI is InChI=1S/C18H21ClN2O5/c1-23-12-5-6-15(24-2)11(7-12)10-20-18(22)21-14-9-16(25-3)13(19)8-17(14)26-4/h5-9H,10H2,1-4H3,(H2,20,21,22). The zero-order valence-corrected chi connectivity index (χ0v) is 15.8. The van der Waals surface area contributed by atoms with Crippen LogP contribution in [0.1, 0.15) is 5.56 Å². The van der Waals surface area contributed by atoms with Gasteiger partial charge >= 0.3 is 6.03 Å². The number of benzene rings is 2. The average molecular weight is 381 g/mol. The van der Waals surface area contributed by atoms with Gasteiger partial charge in [0.1, 0.15) is 23.0 Å². The van der Waals surface area contributed by atoms with Gasteiger partial charge in [-0.1, -0.05) is 11.6 Å². The number of hydrogen-bond donors (Lipinski definition) is 2. The quantitative estimate of drug-likeness (QED) is 0.765. The summed E-state index contributed by atoms with van der Waals surface area (Å²) in [5, 5.41) is 5.86. The smallest absolute Gasteiger partial charge is 0.319 e. The molecule has 0 aliphatic carbocycles. The van der Waals surface area contributed by atoms with E-state index >= 15 is 0 Å². The van der Waals surface area contributed by atoms with Crippen molar-refractivity contribution in [3.05, 3.63) is 40.9 Å². The molecule has 0 fully saturated rings. The maximum absolute atomic E-state index is 12.3. The van der Waals surface area contributed by atoms with Gasteiger partial charge in [0, 0.05) is 24.2 Å². The topological polar surface area (TPSA) is 78.1 Å². The molecule has 2 rings (SSSR count). The lowest BCUT2D eigenvalue weighted by atomic mass is 10.2. The summed E-state index contributed by atoms with van der Waals surface area (Å²) in [4.78, 5) is 12.3. The minimum atomic E-state index is -0.419. The largest absolute Gasteiger partial charge is 0.497 e. The molecule has 2 amide bonds. The Kier molecular flexibility index (Phi) is 6.80. The number of amides is 2. The Hall–Kier alpha value is -2.80. The molecule has 0 bridgehead atoms. The predicted molar refractivity (Wildman–Crippen MR) is 100.0 cm³/mol. The van der Waals surface area contributed by atoms with Gasteiger partial charge in [0.15, 0.2) is 0 Å². The van der Waals surface area contributed by atoms with Gasteiger partial charge < -0.3 is 29.6 Å². The molecular formula is C18H21ClN2O5. The average Bonchev–Trinajstić information content (AvgIpc) is 2.66. The van der Waals surface area contributed by atoms with Crippen LogP contribution in [0.5, 0.6) is 23.0 Å². The van der Waals surface area contributed by atoms with Crippen molar-refractivity contribution in [2.24, 2.45) is 0 Å². The van der Waals surface area contributed by atoms with E-state index in [9.17, 15) is 4.79 Å². The number of nitrogens with one attached hydrogen (secondary N) is 2. The molecule has 0 atom stereocenters.